The predicted octanol–water partition coefficient (Wildman–Crippen LogP) is 1.99. The highest BCUT2D eigenvalue weighted by Gasteiger charge is 2.21. The zero-order chi connectivity index (χ0) is 9.97. The molecule has 0 aliphatic carbocycles. The lowest BCUT2D eigenvalue weighted by molar-refractivity contribution is 0.470. The van der Waals surface area contributed by atoms with Gasteiger partial charge in [0.15, 0.2) is 11.6 Å². The van der Waals surface area contributed by atoms with Crippen LogP contribution in [-0.4, -0.2) is 22.6 Å². The minimum absolute atomic E-state index is 0.318. The van der Waals surface area contributed by atoms with Crippen LogP contribution in [0.5, 0.6) is 0 Å². The number of nitrogens with zero attached hydrogens (tertiary/aromatic N) is 3. The van der Waals surface area contributed by atoms with Gasteiger partial charge in [0.25, 0.3) is 0 Å². The molecule has 3 nitrogen and oxygen atoms in total. The van der Waals surface area contributed by atoms with Crippen LogP contribution in [0.4, 0.5) is 10.2 Å². The number of piperidine rings is 1. The molecule has 0 radical (unpaired) electrons. The molecule has 4 heteroatoms. The molecule has 0 saturated carbocycles. The van der Waals surface area contributed by atoms with Gasteiger partial charge >= 0.3 is 0 Å². The molecule has 0 N–H and O–H groups in total. The van der Waals surface area contributed by atoms with Crippen molar-refractivity contribution in [2.24, 2.45) is 0 Å². The Balaban J connectivity index is 2.25. The third kappa shape index (κ3) is 1.69. The van der Waals surface area contributed by atoms with Gasteiger partial charge in [0.05, 0.1) is 6.20 Å². The summed E-state index contributed by atoms with van der Waals surface area (Å²) in [4.78, 5) is 9.67. The summed E-state index contributed by atoms with van der Waals surface area (Å²) in [5.41, 5.74) is 0. The third-order valence-electron chi connectivity index (χ3n) is 2.72. The van der Waals surface area contributed by atoms with E-state index in [4.69, 9.17) is 0 Å². The van der Waals surface area contributed by atoms with Crippen molar-refractivity contribution in [1.29, 1.82) is 0 Å². The van der Waals surface area contributed by atoms with Crippen molar-refractivity contribution < 1.29 is 4.39 Å². The van der Waals surface area contributed by atoms with E-state index in [-0.39, 0.29) is 5.82 Å². The van der Waals surface area contributed by atoms with Crippen LogP contribution >= 0.6 is 0 Å². The Bertz CT molecular complexity index is 316. The Morgan fingerprint density at radius 2 is 2.36 bits per heavy atom. The molecule has 0 aromatic carbocycles. The summed E-state index contributed by atoms with van der Waals surface area (Å²) < 4.78 is 13.4. The zero-order valence-electron chi connectivity index (χ0n) is 8.28. The standard InChI is InChI=1S/C10H14FN3/c1-8-4-2-3-5-14(8)10-9(11)6-12-7-13-10/h6-8H,2-5H2,1H3. The molecule has 1 atom stereocenters. The van der Waals surface area contributed by atoms with Crippen LogP contribution in [-0.2, 0) is 0 Å². The van der Waals surface area contributed by atoms with Crippen molar-refractivity contribution in [3.05, 3.63) is 18.3 Å². The maximum Gasteiger partial charge on any atom is 0.183 e. The van der Waals surface area contributed by atoms with Gasteiger partial charge < -0.3 is 4.90 Å². The molecule has 14 heavy (non-hydrogen) atoms. The van der Waals surface area contributed by atoms with Crippen LogP contribution in [0, 0.1) is 5.82 Å². The molecular weight excluding hydrogens is 181 g/mol. The molecule has 1 aromatic heterocycles. The maximum absolute atomic E-state index is 13.4. The van der Waals surface area contributed by atoms with Crippen LogP contribution in [0.25, 0.3) is 0 Å². The molecule has 1 aliphatic rings. The Labute approximate surface area is 83.0 Å². The lowest BCUT2D eigenvalue weighted by atomic mass is 10.0. The van der Waals surface area contributed by atoms with Gasteiger partial charge in [-0.15, -0.1) is 0 Å². The van der Waals surface area contributed by atoms with E-state index in [1.807, 2.05) is 4.90 Å². The number of aromatic nitrogens is 2. The number of rotatable bonds is 1. The lowest BCUT2D eigenvalue weighted by Gasteiger charge is -2.34. The minimum atomic E-state index is -0.318. The molecule has 1 unspecified atom stereocenters. The van der Waals surface area contributed by atoms with Crippen LogP contribution in [0.1, 0.15) is 26.2 Å². The molecule has 1 saturated heterocycles. The van der Waals surface area contributed by atoms with E-state index in [0.717, 1.165) is 19.4 Å². The average molecular weight is 195 g/mol. The monoisotopic (exact) mass is 195 g/mol. The second-order valence-electron chi connectivity index (χ2n) is 3.73. The number of halogens is 1. The van der Waals surface area contributed by atoms with Crippen molar-refractivity contribution in [2.45, 2.75) is 32.2 Å². The first kappa shape index (κ1) is 9.37. The molecule has 0 spiro atoms. The fourth-order valence-corrected chi connectivity index (χ4v) is 1.93. The summed E-state index contributed by atoms with van der Waals surface area (Å²) in [6, 6.07) is 0.383. The first-order chi connectivity index (χ1) is 6.79. The van der Waals surface area contributed by atoms with Gasteiger partial charge in [-0.3, -0.25) is 0 Å². The lowest BCUT2D eigenvalue weighted by Crippen LogP contribution is -2.38. The van der Waals surface area contributed by atoms with Crippen molar-refractivity contribution in [3.8, 4) is 0 Å². The summed E-state index contributed by atoms with van der Waals surface area (Å²) in [5, 5.41) is 0. The highest BCUT2D eigenvalue weighted by molar-refractivity contribution is 5.39. The Morgan fingerprint density at radius 3 is 3.07 bits per heavy atom. The topological polar surface area (TPSA) is 29.0 Å². The summed E-state index contributed by atoms with van der Waals surface area (Å²) in [6.45, 7) is 3.01. The summed E-state index contributed by atoms with van der Waals surface area (Å²) >= 11 is 0. The van der Waals surface area contributed by atoms with E-state index < -0.39 is 0 Å². The third-order valence-corrected chi connectivity index (χ3v) is 2.72. The zero-order valence-corrected chi connectivity index (χ0v) is 8.28. The van der Waals surface area contributed by atoms with E-state index in [9.17, 15) is 4.39 Å². The van der Waals surface area contributed by atoms with Gasteiger partial charge in [-0.25, -0.2) is 14.4 Å². The van der Waals surface area contributed by atoms with Gasteiger partial charge in [0, 0.05) is 12.6 Å². The second-order valence-corrected chi connectivity index (χ2v) is 3.73. The fraction of sp³-hybridized carbons (Fsp3) is 0.600. The van der Waals surface area contributed by atoms with Crippen LogP contribution in [0.2, 0.25) is 0 Å². The molecule has 1 fully saturated rings. The first-order valence-electron chi connectivity index (χ1n) is 5.01. The Hall–Kier alpha value is -1.19. The predicted molar refractivity (Wildman–Crippen MR) is 52.6 cm³/mol. The van der Waals surface area contributed by atoms with E-state index in [1.165, 1.54) is 18.9 Å². The second kappa shape index (κ2) is 3.90. The fourth-order valence-electron chi connectivity index (χ4n) is 1.93. The van der Waals surface area contributed by atoms with Gasteiger partial charge in [0.2, 0.25) is 0 Å². The van der Waals surface area contributed by atoms with E-state index >= 15 is 0 Å². The molecule has 0 amide bonds. The maximum atomic E-state index is 13.4. The summed E-state index contributed by atoms with van der Waals surface area (Å²) in [5.74, 6) is 0.133. The highest BCUT2D eigenvalue weighted by Crippen LogP contribution is 2.23. The van der Waals surface area contributed by atoms with Crippen molar-refractivity contribution in [3.63, 3.8) is 0 Å². The normalized spacial score (nSPS) is 22.4. The molecule has 2 heterocycles. The van der Waals surface area contributed by atoms with E-state index in [1.54, 1.807) is 0 Å². The number of hydrogen-bond acceptors (Lipinski definition) is 3. The molecule has 1 aliphatic heterocycles. The van der Waals surface area contributed by atoms with Gasteiger partial charge in [-0.2, -0.15) is 0 Å². The van der Waals surface area contributed by atoms with E-state index in [2.05, 4.69) is 16.9 Å². The van der Waals surface area contributed by atoms with Gasteiger partial charge in [0.1, 0.15) is 6.33 Å². The van der Waals surface area contributed by atoms with Crippen LogP contribution in [0.3, 0.4) is 0 Å². The smallest absolute Gasteiger partial charge is 0.183 e. The molecule has 76 valence electrons. The molecular formula is C10H14FN3. The van der Waals surface area contributed by atoms with Crippen LogP contribution in [0.15, 0.2) is 12.5 Å². The van der Waals surface area contributed by atoms with Crippen molar-refractivity contribution in [1.82, 2.24) is 9.97 Å². The average Bonchev–Trinajstić information content (AvgIpc) is 2.20. The summed E-state index contributed by atoms with van der Waals surface area (Å²) in [7, 11) is 0. The quantitative estimate of drug-likeness (QED) is 0.686. The largest absolute Gasteiger partial charge is 0.351 e. The molecule has 1 aromatic rings. The van der Waals surface area contributed by atoms with Crippen molar-refractivity contribution >= 4 is 5.82 Å². The SMILES string of the molecule is CC1CCCCN1c1ncncc1F. The Morgan fingerprint density at radius 1 is 1.50 bits per heavy atom. The summed E-state index contributed by atoms with van der Waals surface area (Å²) in [6.07, 6.45) is 6.09. The highest BCUT2D eigenvalue weighted by atomic mass is 19.1. The van der Waals surface area contributed by atoms with E-state index in [0.29, 0.717) is 11.9 Å². The number of anilines is 1. The molecule has 0 bridgehead atoms. The molecule has 2 rings (SSSR count). The minimum Gasteiger partial charge on any atom is -0.351 e. The van der Waals surface area contributed by atoms with Gasteiger partial charge in [-0.1, -0.05) is 0 Å². The first-order valence-corrected chi connectivity index (χ1v) is 5.01. The number of hydrogen-bond donors (Lipinski definition) is 0. The Kier molecular flexibility index (Phi) is 2.61. The van der Waals surface area contributed by atoms with Crippen molar-refractivity contribution in [2.75, 3.05) is 11.4 Å². The van der Waals surface area contributed by atoms with Gasteiger partial charge in [-0.05, 0) is 26.2 Å². The van der Waals surface area contributed by atoms with Crippen LogP contribution < -0.4 is 4.90 Å².